The highest BCUT2D eigenvalue weighted by Gasteiger charge is 2.58. The normalized spacial score (nSPS) is 32.7. The van der Waals surface area contributed by atoms with E-state index >= 15 is 0 Å². The van der Waals surface area contributed by atoms with Gasteiger partial charge in [-0.05, 0) is 81.0 Å². The monoisotopic (exact) mass is 418 g/mol. The standard InChI is InChI=1S/C28H50O2/c1-3-5-6-11-17-27(28(25(29)30)18-12-8-13-19-28)22-20-26(16-4-2,21-23-27)24-14-9-7-10-15-24/h24H,3-23H2,1-2H3,(H,29,30). The number of rotatable bonds is 10. The summed E-state index contributed by atoms with van der Waals surface area (Å²) < 4.78 is 0. The molecule has 0 bridgehead atoms. The number of aliphatic carboxylic acids is 1. The summed E-state index contributed by atoms with van der Waals surface area (Å²) in [7, 11) is 0. The number of unbranched alkanes of at least 4 members (excludes halogenated alkanes) is 3. The van der Waals surface area contributed by atoms with Gasteiger partial charge in [-0.15, -0.1) is 0 Å². The second kappa shape index (κ2) is 10.9. The molecule has 30 heavy (non-hydrogen) atoms. The lowest BCUT2D eigenvalue weighted by Crippen LogP contribution is -2.53. The highest BCUT2D eigenvalue weighted by molar-refractivity contribution is 5.76. The van der Waals surface area contributed by atoms with Crippen molar-refractivity contribution in [3.63, 3.8) is 0 Å². The van der Waals surface area contributed by atoms with Crippen LogP contribution in [0.2, 0.25) is 0 Å². The molecule has 0 aromatic heterocycles. The molecule has 3 saturated carbocycles. The van der Waals surface area contributed by atoms with E-state index in [1.54, 1.807) is 0 Å². The molecule has 0 unspecified atom stereocenters. The fourth-order valence-corrected chi connectivity index (χ4v) is 8.29. The Balaban J connectivity index is 1.83. The largest absolute Gasteiger partial charge is 0.481 e. The minimum absolute atomic E-state index is 0.0684. The van der Waals surface area contributed by atoms with Crippen LogP contribution in [-0.4, -0.2) is 11.1 Å². The fourth-order valence-electron chi connectivity index (χ4n) is 8.29. The van der Waals surface area contributed by atoms with E-state index in [0.29, 0.717) is 5.41 Å². The summed E-state index contributed by atoms with van der Waals surface area (Å²) in [6.07, 6.45) is 26.5. The molecule has 174 valence electrons. The third kappa shape index (κ3) is 4.78. The summed E-state index contributed by atoms with van der Waals surface area (Å²) in [5, 5.41) is 10.6. The highest BCUT2D eigenvalue weighted by atomic mass is 16.4. The van der Waals surface area contributed by atoms with Crippen LogP contribution < -0.4 is 0 Å². The first kappa shape index (κ1) is 24.1. The molecular formula is C28H50O2. The van der Waals surface area contributed by atoms with E-state index in [2.05, 4.69) is 13.8 Å². The zero-order valence-corrected chi connectivity index (χ0v) is 20.3. The van der Waals surface area contributed by atoms with Gasteiger partial charge in [-0.1, -0.05) is 84.5 Å². The van der Waals surface area contributed by atoms with E-state index in [4.69, 9.17) is 0 Å². The summed E-state index contributed by atoms with van der Waals surface area (Å²) in [5.41, 5.74) is 0.164. The Hall–Kier alpha value is -0.530. The van der Waals surface area contributed by atoms with Gasteiger partial charge < -0.3 is 5.11 Å². The van der Waals surface area contributed by atoms with E-state index in [-0.39, 0.29) is 5.41 Å². The molecule has 3 rings (SSSR count). The summed E-state index contributed by atoms with van der Waals surface area (Å²) in [5.74, 6) is 0.467. The Morgan fingerprint density at radius 3 is 1.93 bits per heavy atom. The second-order valence-electron chi connectivity index (χ2n) is 11.5. The van der Waals surface area contributed by atoms with E-state index in [1.165, 1.54) is 109 Å². The molecule has 0 spiro atoms. The van der Waals surface area contributed by atoms with Gasteiger partial charge in [0.05, 0.1) is 5.41 Å². The third-order valence-corrected chi connectivity index (χ3v) is 10.1. The van der Waals surface area contributed by atoms with Crippen molar-refractivity contribution in [2.24, 2.45) is 22.2 Å². The highest BCUT2D eigenvalue weighted by Crippen LogP contribution is 2.64. The van der Waals surface area contributed by atoms with Gasteiger partial charge in [0.25, 0.3) is 0 Å². The first-order valence-electron chi connectivity index (χ1n) is 13.8. The van der Waals surface area contributed by atoms with Crippen LogP contribution in [0.25, 0.3) is 0 Å². The molecule has 0 heterocycles. The molecule has 0 radical (unpaired) electrons. The lowest BCUT2D eigenvalue weighted by molar-refractivity contribution is -0.171. The SMILES string of the molecule is CCCCCCC1(C2(C(=O)O)CCCCC2)CCC(CCC)(C2CCCCC2)CC1. The topological polar surface area (TPSA) is 37.3 Å². The lowest BCUT2D eigenvalue weighted by atomic mass is 9.46. The van der Waals surface area contributed by atoms with Crippen LogP contribution >= 0.6 is 0 Å². The zero-order valence-electron chi connectivity index (χ0n) is 20.3. The Morgan fingerprint density at radius 2 is 1.37 bits per heavy atom. The van der Waals surface area contributed by atoms with Gasteiger partial charge >= 0.3 is 5.97 Å². The smallest absolute Gasteiger partial charge is 0.310 e. The fraction of sp³-hybridized carbons (Fsp3) is 0.964. The van der Waals surface area contributed by atoms with Crippen molar-refractivity contribution >= 4 is 5.97 Å². The van der Waals surface area contributed by atoms with Crippen LogP contribution in [-0.2, 0) is 4.79 Å². The number of hydrogen-bond donors (Lipinski definition) is 1. The summed E-state index contributed by atoms with van der Waals surface area (Å²) in [6, 6.07) is 0. The minimum atomic E-state index is -0.446. The quantitative estimate of drug-likeness (QED) is 0.359. The van der Waals surface area contributed by atoms with Crippen LogP contribution in [0.3, 0.4) is 0 Å². The van der Waals surface area contributed by atoms with Crippen molar-refractivity contribution in [2.75, 3.05) is 0 Å². The lowest BCUT2D eigenvalue weighted by Gasteiger charge is -2.58. The van der Waals surface area contributed by atoms with Crippen molar-refractivity contribution in [2.45, 2.75) is 149 Å². The van der Waals surface area contributed by atoms with E-state index in [1.807, 2.05) is 0 Å². The van der Waals surface area contributed by atoms with E-state index in [0.717, 1.165) is 31.6 Å². The van der Waals surface area contributed by atoms with Crippen LogP contribution in [0.4, 0.5) is 0 Å². The Bertz CT molecular complexity index is 517. The molecule has 3 aliphatic rings. The molecule has 0 aliphatic heterocycles. The van der Waals surface area contributed by atoms with Gasteiger partial charge in [0.15, 0.2) is 0 Å². The summed E-state index contributed by atoms with van der Waals surface area (Å²) in [4.78, 5) is 12.9. The zero-order chi connectivity index (χ0) is 21.5. The minimum Gasteiger partial charge on any atom is -0.481 e. The average molecular weight is 419 g/mol. The molecule has 0 atom stereocenters. The molecule has 3 fully saturated rings. The molecule has 3 aliphatic carbocycles. The molecule has 2 heteroatoms. The van der Waals surface area contributed by atoms with Crippen LogP contribution in [0, 0.1) is 22.2 Å². The van der Waals surface area contributed by atoms with Crippen LogP contribution in [0.15, 0.2) is 0 Å². The van der Waals surface area contributed by atoms with Crippen LogP contribution in [0.5, 0.6) is 0 Å². The van der Waals surface area contributed by atoms with Crippen molar-refractivity contribution in [3.05, 3.63) is 0 Å². The first-order valence-corrected chi connectivity index (χ1v) is 13.8. The van der Waals surface area contributed by atoms with Crippen molar-refractivity contribution < 1.29 is 9.90 Å². The first-order chi connectivity index (χ1) is 14.5. The molecule has 1 N–H and O–H groups in total. The van der Waals surface area contributed by atoms with Crippen LogP contribution in [0.1, 0.15) is 149 Å². The van der Waals surface area contributed by atoms with Crippen molar-refractivity contribution in [1.29, 1.82) is 0 Å². The number of carboxylic acids is 1. The third-order valence-electron chi connectivity index (χ3n) is 10.1. The van der Waals surface area contributed by atoms with E-state index in [9.17, 15) is 9.90 Å². The molecule has 0 aromatic carbocycles. The maximum absolute atomic E-state index is 12.9. The van der Waals surface area contributed by atoms with Crippen molar-refractivity contribution in [3.8, 4) is 0 Å². The molecular weight excluding hydrogens is 368 g/mol. The van der Waals surface area contributed by atoms with Crippen molar-refractivity contribution in [1.82, 2.24) is 0 Å². The Labute approximate surface area is 187 Å². The predicted octanol–water partition coefficient (Wildman–Crippen LogP) is 8.92. The van der Waals surface area contributed by atoms with Gasteiger partial charge in [0.2, 0.25) is 0 Å². The van der Waals surface area contributed by atoms with Gasteiger partial charge in [0.1, 0.15) is 0 Å². The predicted molar refractivity (Wildman–Crippen MR) is 127 cm³/mol. The van der Waals surface area contributed by atoms with Gasteiger partial charge in [-0.2, -0.15) is 0 Å². The average Bonchev–Trinajstić information content (AvgIpc) is 2.79. The summed E-state index contributed by atoms with van der Waals surface area (Å²) >= 11 is 0. The summed E-state index contributed by atoms with van der Waals surface area (Å²) in [6.45, 7) is 4.65. The number of carbonyl (C=O) groups is 1. The maximum Gasteiger partial charge on any atom is 0.310 e. The van der Waals surface area contributed by atoms with E-state index < -0.39 is 11.4 Å². The number of carboxylic acid groups (broad SMARTS) is 1. The Morgan fingerprint density at radius 1 is 0.733 bits per heavy atom. The Kier molecular flexibility index (Phi) is 8.73. The molecule has 0 saturated heterocycles. The van der Waals surface area contributed by atoms with Gasteiger partial charge in [0, 0.05) is 0 Å². The maximum atomic E-state index is 12.9. The second-order valence-corrected chi connectivity index (χ2v) is 11.5. The molecule has 0 aromatic rings. The van der Waals surface area contributed by atoms with Gasteiger partial charge in [-0.25, -0.2) is 0 Å². The number of hydrogen-bond acceptors (Lipinski definition) is 1. The molecule has 0 amide bonds. The molecule has 2 nitrogen and oxygen atoms in total. The van der Waals surface area contributed by atoms with Gasteiger partial charge in [-0.3, -0.25) is 4.79 Å².